The second-order valence-electron chi connectivity index (χ2n) is 4.71. The Morgan fingerprint density at radius 3 is 2.85 bits per heavy atom. The Morgan fingerprint density at radius 1 is 1.30 bits per heavy atom. The smallest absolute Gasteiger partial charge is 0.137 e. The normalized spacial score (nSPS) is 12.2. The van der Waals surface area contributed by atoms with Gasteiger partial charge in [-0.15, -0.1) is 0 Å². The Balaban J connectivity index is 2.28. The highest BCUT2D eigenvalue weighted by Gasteiger charge is 2.14. The van der Waals surface area contributed by atoms with E-state index in [0.717, 1.165) is 17.5 Å². The van der Waals surface area contributed by atoms with Crippen LogP contribution >= 0.6 is 11.6 Å². The highest BCUT2D eigenvalue weighted by atomic mass is 35.5. The Hall–Kier alpha value is -1.58. The largest absolute Gasteiger partial charge is 0.492 e. The number of hydrogen-bond donors (Lipinski definition) is 1. The van der Waals surface area contributed by atoms with E-state index in [1.54, 1.807) is 18.5 Å². The van der Waals surface area contributed by atoms with Gasteiger partial charge in [0.2, 0.25) is 0 Å². The quantitative estimate of drug-likeness (QED) is 0.908. The van der Waals surface area contributed by atoms with Crippen molar-refractivity contribution in [3.05, 3.63) is 58.4 Å². The van der Waals surface area contributed by atoms with Crippen LogP contribution in [0.5, 0.6) is 5.75 Å². The van der Waals surface area contributed by atoms with Crippen LogP contribution in [0.3, 0.4) is 0 Å². The van der Waals surface area contributed by atoms with Crippen molar-refractivity contribution in [2.45, 2.75) is 26.4 Å². The van der Waals surface area contributed by atoms with Crippen LogP contribution in [0.4, 0.5) is 0 Å². The number of aryl methyl sites for hydroxylation is 1. The fraction of sp³-hybridized carbons (Fsp3) is 0.312. The molecule has 1 aromatic carbocycles. The van der Waals surface area contributed by atoms with E-state index in [9.17, 15) is 5.11 Å². The first-order valence-corrected chi connectivity index (χ1v) is 7.01. The van der Waals surface area contributed by atoms with Crippen LogP contribution in [0.1, 0.15) is 36.1 Å². The van der Waals surface area contributed by atoms with Crippen LogP contribution < -0.4 is 4.74 Å². The van der Waals surface area contributed by atoms with E-state index in [0.29, 0.717) is 22.9 Å². The molecule has 0 aliphatic rings. The van der Waals surface area contributed by atoms with Crippen LogP contribution in [-0.4, -0.2) is 16.7 Å². The summed E-state index contributed by atoms with van der Waals surface area (Å²) < 4.78 is 5.54. The molecule has 3 nitrogen and oxygen atoms in total. The lowest BCUT2D eigenvalue weighted by molar-refractivity contribution is 0.218. The molecule has 0 saturated heterocycles. The van der Waals surface area contributed by atoms with Gasteiger partial charge in [0.25, 0.3) is 0 Å². The molecule has 4 heteroatoms. The van der Waals surface area contributed by atoms with Gasteiger partial charge in [-0.1, -0.05) is 24.6 Å². The minimum Gasteiger partial charge on any atom is -0.492 e. The van der Waals surface area contributed by atoms with Gasteiger partial charge in [0.15, 0.2) is 0 Å². The van der Waals surface area contributed by atoms with E-state index in [4.69, 9.17) is 16.3 Å². The lowest BCUT2D eigenvalue weighted by Crippen LogP contribution is -2.04. The molecule has 0 fully saturated rings. The van der Waals surface area contributed by atoms with Gasteiger partial charge in [-0.3, -0.25) is 4.98 Å². The van der Waals surface area contributed by atoms with Crippen molar-refractivity contribution < 1.29 is 9.84 Å². The molecule has 0 bridgehead atoms. The topological polar surface area (TPSA) is 42.4 Å². The number of pyridine rings is 1. The van der Waals surface area contributed by atoms with Gasteiger partial charge in [-0.25, -0.2) is 0 Å². The first-order chi connectivity index (χ1) is 9.61. The summed E-state index contributed by atoms with van der Waals surface area (Å²) >= 11 is 6.00. The second-order valence-corrected chi connectivity index (χ2v) is 5.14. The maximum Gasteiger partial charge on any atom is 0.137 e. The molecule has 1 unspecified atom stereocenters. The maximum absolute atomic E-state index is 10.5. The average Bonchev–Trinajstić information content (AvgIpc) is 2.47. The number of halogens is 1. The van der Waals surface area contributed by atoms with Crippen molar-refractivity contribution in [1.29, 1.82) is 0 Å². The summed E-state index contributed by atoms with van der Waals surface area (Å²) in [5, 5.41) is 11.1. The molecular formula is C16H18ClNO2. The number of hydrogen-bond acceptors (Lipinski definition) is 3. The molecule has 0 spiro atoms. The van der Waals surface area contributed by atoms with Gasteiger partial charge in [0.1, 0.15) is 11.9 Å². The summed E-state index contributed by atoms with van der Waals surface area (Å²) in [4.78, 5) is 4.12. The fourth-order valence-corrected chi connectivity index (χ4v) is 2.15. The minimum absolute atomic E-state index is 0.607. The molecule has 2 aromatic rings. The first-order valence-electron chi connectivity index (χ1n) is 6.63. The number of benzene rings is 1. The average molecular weight is 292 g/mol. The van der Waals surface area contributed by atoms with Crippen LogP contribution in [-0.2, 0) is 0 Å². The summed E-state index contributed by atoms with van der Waals surface area (Å²) in [5.41, 5.74) is 2.47. The SMILES string of the molecule is CCCOc1cncc(C(O)c2cc(Cl)ccc2C)c1. The van der Waals surface area contributed by atoms with Crippen LogP contribution in [0.15, 0.2) is 36.7 Å². The lowest BCUT2D eigenvalue weighted by atomic mass is 9.98. The van der Waals surface area contributed by atoms with Gasteiger partial charge in [-0.05, 0) is 42.7 Å². The monoisotopic (exact) mass is 291 g/mol. The number of aliphatic hydroxyl groups excluding tert-OH is 1. The van der Waals surface area contributed by atoms with E-state index in [2.05, 4.69) is 4.98 Å². The number of aromatic nitrogens is 1. The predicted octanol–water partition coefficient (Wildman–Crippen LogP) is 3.91. The van der Waals surface area contributed by atoms with Crippen molar-refractivity contribution in [1.82, 2.24) is 4.98 Å². The van der Waals surface area contributed by atoms with Crippen LogP contribution in [0.25, 0.3) is 0 Å². The molecular weight excluding hydrogens is 274 g/mol. The number of rotatable bonds is 5. The molecule has 106 valence electrons. The summed E-state index contributed by atoms with van der Waals surface area (Å²) in [7, 11) is 0. The third-order valence-corrected chi connectivity index (χ3v) is 3.29. The van der Waals surface area contributed by atoms with Gasteiger partial charge >= 0.3 is 0 Å². The summed E-state index contributed by atoms with van der Waals surface area (Å²) in [6, 6.07) is 7.30. The van der Waals surface area contributed by atoms with E-state index in [1.807, 2.05) is 32.0 Å². The van der Waals surface area contributed by atoms with Gasteiger partial charge in [0, 0.05) is 16.8 Å². The lowest BCUT2D eigenvalue weighted by Gasteiger charge is -2.15. The molecule has 1 atom stereocenters. The molecule has 0 radical (unpaired) electrons. The van der Waals surface area contributed by atoms with E-state index >= 15 is 0 Å². The zero-order valence-corrected chi connectivity index (χ0v) is 12.4. The van der Waals surface area contributed by atoms with E-state index in [-0.39, 0.29) is 0 Å². The molecule has 0 aliphatic carbocycles. The van der Waals surface area contributed by atoms with Crippen molar-refractivity contribution in [3.63, 3.8) is 0 Å². The van der Waals surface area contributed by atoms with Crippen LogP contribution in [0.2, 0.25) is 5.02 Å². The van der Waals surface area contributed by atoms with Crippen molar-refractivity contribution in [2.75, 3.05) is 6.61 Å². The molecule has 1 N–H and O–H groups in total. The molecule has 0 aliphatic heterocycles. The summed E-state index contributed by atoms with van der Waals surface area (Å²) in [6.45, 7) is 4.62. The van der Waals surface area contributed by atoms with E-state index < -0.39 is 6.10 Å². The Kier molecular flexibility index (Phi) is 4.99. The highest BCUT2D eigenvalue weighted by molar-refractivity contribution is 6.30. The first kappa shape index (κ1) is 14.8. The summed E-state index contributed by atoms with van der Waals surface area (Å²) in [5.74, 6) is 0.670. The zero-order chi connectivity index (χ0) is 14.5. The molecule has 2 rings (SSSR count). The number of nitrogens with zero attached hydrogens (tertiary/aromatic N) is 1. The Morgan fingerprint density at radius 2 is 2.10 bits per heavy atom. The molecule has 1 aromatic heterocycles. The van der Waals surface area contributed by atoms with Gasteiger partial charge < -0.3 is 9.84 Å². The van der Waals surface area contributed by atoms with Gasteiger partial charge in [-0.2, -0.15) is 0 Å². The Bertz CT molecular complexity index is 586. The summed E-state index contributed by atoms with van der Waals surface area (Å²) in [6.07, 6.45) is 3.46. The third-order valence-electron chi connectivity index (χ3n) is 3.06. The van der Waals surface area contributed by atoms with Crippen LogP contribution in [0, 0.1) is 6.92 Å². The predicted molar refractivity (Wildman–Crippen MR) is 80.3 cm³/mol. The second kappa shape index (κ2) is 6.73. The minimum atomic E-state index is -0.758. The molecule has 20 heavy (non-hydrogen) atoms. The zero-order valence-electron chi connectivity index (χ0n) is 11.6. The molecule has 1 heterocycles. The van der Waals surface area contributed by atoms with Crippen molar-refractivity contribution >= 4 is 11.6 Å². The number of aliphatic hydroxyl groups is 1. The maximum atomic E-state index is 10.5. The number of ether oxygens (including phenoxy) is 1. The molecule has 0 amide bonds. The third kappa shape index (κ3) is 3.50. The van der Waals surface area contributed by atoms with Gasteiger partial charge in [0.05, 0.1) is 12.8 Å². The van der Waals surface area contributed by atoms with E-state index in [1.165, 1.54) is 0 Å². The fourth-order valence-electron chi connectivity index (χ4n) is 1.97. The Labute approximate surface area is 124 Å². The highest BCUT2D eigenvalue weighted by Crippen LogP contribution is 2.28. The van der Waals surface area contributed by atoms with Crippen molar-refractivity contribution in [2.24, 2.45) is 0 Å². The molecule has 0 saturated carbocycles. The van der Waals surface area contributed by atoms with Crippen molar-refractivity contribution in [3.8, 4) is 5.75 Å². The standard InChI is InChI=1S/C16H18ClNO2/c1-3-6-20-14-7-12(9-18-10-14)16(19)15-8-13(17)5-4-11(15)2/h4-5,7-10,16,19H,3,6H2,1-2H3.